The summed E-state index contributed by atoms with van der Waals surface area (Å²) in [5.41, 5.74) is -3.40. The fraction of sp³-hybridized carbons (Fsp3) is 0.455. The number of halogens is 7. The Morgan fingerprint density at radius 2 is 1.86 bits per heavy atom. The molecule has 0 amide bonds. The van der Waals surface area contributed by atoms with E-state index in [9.17, 15) is 31.1 Å². The molecule has 0 spiro atoms. The second-order valence-electron chi connectivity index (χ2n) is 3.74. The molecule has 1 aromatic heterocycles. The van der Waals surface area contributed by atoms with E-state index >= 15 is 0 Å². The zero-order valence-electron chi connectivity index (χ0n) is 10.8. The van der Waals surface area contributed by atoms with E-state index in [4.69, 9.17) is 0 Å². The van der Waals surface area contributed by atoms with Crippen LogP contribution in [0, 0.1) is 0 Å². The highest BCUT2D eigenvalue weighted by atomic mass is 79.9. The molecular weight excluding hydrogens is 388 g/mol. The van der Waals surface area contributed by atoms with E-state index in [0.29, 0.717) is 6.07 Å². The molecule has 0 aliphatic rings. The normalized spacial score (nSPS) is 12.2. The zero-order valence-corrected chi connectivity index (χ0v) is 12.4. The summed E-state index contributed by atoms with van der Waals surface area (Å²) in [4.78, 5) is 14.6. The van der Waals surface area contributed by atoms with Crippen molar-refractivity contribution in [3.05, 3.63) is 22.9 Å². The van der Waals surface area contributed by atoms with Crippen LogP contribution in [0.4, 0.5) is 26.3 Å². The molecule has 0 aliphatic heterocycles. The molecule has 1 aromatic rings. The Hall–Kier alpha value is -1.52. The smallest absolute Gasteiger partial charge is 0.461 e. The molecule has 0 bridgehead atoms. The standard InChI is InChI=1S/C11H8BrF6NO3/c1-2-21-9(20)8-7(10(13,14)15)5(4-12)3-6(19-8)22-11(16,17)18/h3H,2,4H2,1H3. The van der Waals surface area contributed by atoms with Gasteiger partial charge in [0, 0.05) is 11.4 Å². The van der Waals surface area contributed by atoms with E-state index in [2.05, 4.69) is 30.4 Å². The van der Waals surface area contributed by atoms with Crippen LogP contribution in [0.3, 0.4) is 0 Å². The van der Waals surface area contributed by atoms with Crippen molar-refractivity contribution >= 4 is 21.9 Å². The lowest BCUT2D eigenvalue weighted by molar-refractivity contribution is -0.276. The summed E-state index contributed by atoms with van der Waals surface area (Å²) < 4.78 is 83.5. The van der Waals surface area contributed by atoms with Gasteiger partial charge < -0.3 is 9.47 Å². The molecule has 0 saturated heterocycles. The highest BCUT2D eigenvalue weighted by Crippen LogP contribution is 2.37. The van der Waals surface area contributed by atoms with Gasteiger partial charge in [0.25, 0.3) is 0 Å². The minimum Gasteiger partial charge on any atom is -0.461 e. The highest BCUT2D eigenvalue weighted by molar-refractivity contribution is 9.08. The van der Waals surface area contributed by atoms with Crippen molar-refractivity contribution in [2.24, 2.45) is 0 Å². The first-order valence-electron chi connectivity index (χ1n) is 5.59. The van der Waals surface area contributed by atoms with Crippen LogP contribution in [0.5, 0.6) is 5.88 Å². The fourth-order valence-corrected chi connectivity index (χ4v) is 1.95. The molecule has 0 fully saturated rings. The second kappa shape index (κ2) is 6.71. The van der Waals surface area contributed by atoms with E-state index in [1.165, 1.54) is 6.92 Å². The van der Waals surface area contributed by atoms with E-state index in [0.717, 1.165) is 0 Å². The zero-order chi connectivity index (χ0) is 17.1. The van der Waals surface area contributed by atoms with Gasteiger partial charge in [0.15, 0.2) is 5.69 Å². The Labute approximate surface area is 128 Å². The lowest BCUT2D eigenvalue weighted by Crippen LogP contribution is -2.23. The quantitative estimate of drug-likeness (QED) is 0.438. The predicted molar refractivity (Wildman–Crippen MR) is 64.5 cm³/mol. The van der Waals surface area contributed by atoms with Gasteiger partial charge in [0.1, 0.15) is 0 Å². The Bertz CT molecular complexity index is 558. The average Bonchev–Trinajstić information content (AvgIpc) is 2.34. The van der Waals surface area contributed by atoms with Gasteiger partial charge in [-0.2, -0.15) is 13.2 Å². The third-order valence-electron chi connectivity index (χ3n) is 2.19. The lowest BCUT2D eigenvalue weighted by atomic mass is 10.1. The largest absolute Gasteiger partial charge is 0.574 e. The molecule has 0 atom stereocenters. The minimum absolute atomic E-state index is 0.272. The minimum atomic E-state index is -5.16. The van der Waals surface area contributed by atoms with Gasteiger partial charge in [-0.3, -0.25) is 0 Å². The van der Waals surface area contributed by atoms with E-state index in [1.54, 1.807) is 0 Å². The first kappa shape index (κ1) is 18.5. The number of hydrogen-bond donors (Lipinski definition) is 0. The van der Waals surface area contributed by atoms with Crippen LogP contribution in [-0.2, 0) is 16.2 Å². The number of rotatable bonds is 4. The highest BCUT2D eigenvalue weighted by Gasteiger charge is 2.41. The molecule has 0 saturated carbocycles. The Morgan fingerprint density at radius 3 is 2.27 bits per heavy atom. The van der Waals surface area contributed by atoms with Crippen LogP contribution < -0.4 is 4.74 Å². The summed E-state index contributed by atoms with van der Waals surface area (Å²) in [7, 11) is 0. The number of carbonyl (C=O) groups excluding carboxylic acids is 1. The maximum absolute atomic E-state index is 13.0. The summed E-state index contributed by atoms with van der Waals surface area (Å²) in [5, 5.41) is -0.467. The molecular formula is C11H8BrF6NO3. The van der Waals surface area contributed by atoms with Crippen LogP contribution in [0.15, 0.2) is 6.07 Å². The molecule has 11 heteroatoms. The van der Waals surface area contributed by atoms with Gasteiger partial charge >= 0.3 is 18.5 Å². The summed E-state index contributed by atoms with van der Waals surface area (Å²) in [6.45, 7) is 1.05. The molecule has 0 aromatic carbocycles. The topological polar surface area (TPSA) is 48.4 Å². The SMILES string of the molecule is CCOC(=O)c1nc(OC(F)(F)F)cc(CBr)c1C(F)(F)F. The van der Waals surface area contributed by atoms with Crippen molar-refractivity contribution in [2.45, 2.75) is 24.8 Å². The number of carbonyl (C=O) groups is 1. The van der Waals surface area contributed by atoms with Gasteiger partial charge in [-0.1, -0.05) is 15.9 Å². The number of pyridine rings is 1. The molecule has 22 heavy (non-hydrogen) atoms. The Balaban J connectivity index is 3.52. The first-order chi connectivity index (χ1) is 9.99. The maximum Gasteiger partial charge on any atom is 0.574 e. The van der Waals surface area contributed by atoms with E-state index < -0.39 is 46.5 Å². The van der Waals surface area contributed by atoms with Gasteiger partial charge in [0.05, 0.1) is 12.2 Å². The third kappa shape index (κ3) is 4.75. The van der Waals surface area contributed by atoms with Crippen molar-refractivity contribution < 1.29 is 40.6 Å². The number of hydrogen-bond acceptors (Lipinski definition) is 4. The molecule has 0 N–H and O–H groups in total. The summed E-state index contributed by atoms with van der Waals surface area (Å²) >= 11 is 2.72. The average molecular weight is 396 g/mol. The lowest BCUT2D eigenvalue weighted by Gasteiger charge is -2.17. The Morgan fingerprint density at radius 1 is 1.27 bits per heavy atom. The van der Waals surface area contributed by atoms with Crippen molar-refractivity contribution in [1.82, 2.24) is 4.98 Å². The van der Waals surface area contributed by atoms with Crippen molar-refractivity contribution in [3.8, 4) is 5.88 Å². The molecule has 0 unspecified atom stereocenters. The molecule has 124 valence electrons. The monoisotopic (exact) mass is 395 g/mol. The molecule has 1 rings (SSSR count). The van der Waals surface area contributed by atoms with Gasteiger partial charge in [-0.05, 0) is 12.5 Å². The number of ether oxygens (including phenoxy) is 2. The van der Waals surface area contributed by atoms with Crippen LogP contribution in [0.1, 0.15) is 28.5 Å². The van der Waals surface area contributed by atoms with E-state index in [1.807, 2.05) is 0 Å². The van der Waals surface area contributed by atoms with Gasteiger partial charge in [-0.25, -0.2) is 9.78 Å². The van der Waals surface area contributed by atoms with Crippen molar-refractivity contribution in [3.63, 3.8) is 0 Å². The number of alkyl halides is 7. The second-order valence-corrected chi connectivity index (χ2v) is 4.30. The van der Waals surface area contributed by atoms with E-state index in [-0.39, 0.29) is 6.61 Å². The third-order valence-corrected chi connectivity index (χ3v) is 2.80. The molecule has 1 heterocycles. The van der Waals surface area contributed by atoms with Crippen molar-refractivity contribution in [1.29, 1.82) is 0 Å². The van der Waals surface area contributed by atoms with Crippen molar-refractivity contribution in [2.75, 3.05) is 6.61 Å². The fourth-order valence-electron chi connectivity index (χ4n) is 1.51. The summed E-state index contributed by atoms with van der Waals surface area (Å²) in [6, 6.07) is 0.452. The number of aromatic nitrogens is 1. The van der Waals surface area contributed by atoms with Crippen LogP contribution in [-0.4, -0.2) is 23.9 Å². The summed E-state index contributed by atoms with van der Waals surface area (Å²) in [6.07, 6.45) is -10.2. The van der Waals surface area contributed by atoms with Crippen LogP contribution in [0.25, 0.3) is 0 Å². The maximum atomic E-state index is 13.0. The van der Waals surface area contributed by atoms with Gasteiger partial charge in [-0.15, -0.1) is 13.2 Å². The molecule has 4 nitrogen and oxygen atoms in total. The van der Waals surface area contributed by atoms with Gasteiger partial charge in [0.2, 0.25) is 5.88 Å². The number of esters is 1. The van der Waals surface area contributed by atoms with Crippen LogP contribution >= 0.6 is 15.9 Å². The van der Waals surface area contributed by atoms with Crippen LogP contribution in [0.2, 0.25) is 0 Å². The number of nitrogens with zero attached hydrogens (tertiary/aromatic N) is 1. The Kier molecular flexibility index (Phi) is 5.65. The molecule has 0 aliphatic carbocycles. The summed E-state index contributed by atoms with van der Waals surface area (Å²) in [5.74, 6) is -2.68. The first-order valence-corrected chi connectivity index (χ1v) is 6.71. The molecule has 0 radical (unpaired) electrons. The predicted octanol–water partition coefficient (Wildman–Crippen LogP) is 4.07.